The molecule has 1 unspecified atom stereocenters. The normalized spacial score (nSPS) is 16.1. The molecule has 0 spiro atoms. The molecule has 21 heavy (non-hydrogen) atoms. The Morgan fingerprint density at radius 1 is 1.48 bits per heavy atom. The van der Waals surface area contributed by atoms with Crippen molar-refractivity contribution < 1.29 is 9.90 Å². The molecule has 2 rings (SSSR count). The second kappa shape index (κ2) is 7.43. The Labute approximate surface area is 126 Å². The SMILES string of the molecule is CNC(C)c1cccc(NC(=O)N(CCO)C2CCC2)c1. The van der Waals surface area contributed by atoms with Crippen LogP contribution in [0.3, 0.4) is 0 Å². The highest BCUT2D eigenvalue weighted by Gasteiger charge is 2.28. The van der Waals surface area contributed by atoms with Gasteiger partial charge in [0.1, 0.15) is 0 Å². The van der Waals surface area contributed by atoms with E-state index < -0.39 is 0 Å². The van der Waals surface area contributed by atoms with Gasteiger partial charge in [0, 0.05) is 24.3 Å². The summed E-state index contributed by atoms with van der Waals surface area (Å²) in [6.07, 6.45) is 3.23. The van der Waals surface area contributed by atoms with Crippen LogP contribution in [-0.2, 0) is 0 Å². The van der Waals surface area contributed by atoms with Crippen LogP contribution in [-0.4, -0.2) is 42.3 Å². The number of carbonyl (C=O) groups is 1. The Hall–Kier alpha value is -1.59. The first-order chi connectivity index (χ1) is 10.2. The standard InChI is InChI=1S/C16H25N3O2/c1-12(17-2)13-5-3-6-14(11-13)18-16(21)19(9-10-20)15-7-4-8-15/h3,5-6,11-12,15,17,20H,4,7-10H2,1-2H3,(H,18,21). The molecule has 0 aliphatic heterocycles. The third kappa shape index (κ3) is 3.95. The molecule has 1 aromatic rings. The van der Waals surface area contributed by atoms with E-state index in [1.165, 1.54) is 0 Å². The van der Waals surface area contributed by atoms with Crippen LogP contribution in [0.15, 0.2) is 24.3 Å². The number of hydrogen-bond acceptors (Lipinski definition) is 3. The average molecular weight is 291 g/mol. The van der Waals surface area contributed by atoms with Crippen LogP contribution >= 0.6 is 0 Å². The van der Waals surface area contributed by atoms with E-state index in [-0.39, 0.29) is 24.7 Å². The Morgan fingerprint density at radius 3 is 2.81 bits per heavy atom. The molecule has 0 heterocycles. The van der Waals surface area contributed by atoms with Crippen molar-refractivity contribution in [3.05, 3.63) is 29.8 Å². The van der Waals surface area contributed by atoms with E-state index in [9.17, 15) is 4.79 Å². The molecule has 0 radical (unpaired) electrons. The summed E-state index contributed by atoms with van der Waals surface area (Å²) in [6, 6.07) is 8.24. The summed E-state index contributed by atoms with van der Waals surface area (Å²) in [7, 11) is 1.91. The van der Waals surface area contributed by atoms with Gasteiger partial charge in [0.25, 0.3) is 0 Å². The van der Waals surface area contributed by atoms with Gasteiger partial charge < -0.3 is 20.6 Å². The molecule has 1 atom stereocenters. The number of aliphatic hydroxyl groups excluding tert-OH is 1. The molecule has 1 aliphatic carbocycles. The van der Waals surface area contributed by atoms with Gasteiger partial charge in [0.05, 0.1) is 6.61 Å². The fraction of sp³-hybridized carbons (Fsp3) is 0.562. The quantitative estimate of drug-likeness (QED) is 0.754. The van der Waals surface area contributed by atoms with Crippen LogP contribution in [0.25, 0.3) is 0 Å². The van der Waals surface area contributed by atoms with Crippen molar-refractivity contribution >= 4 is 11.7 Å². The summed E-state index contributed by atoms with van der Waals surface area (Å²) in [5.41, 5.74) is 1.93. The topological polar surface area (TPSA) is 64.6 Å². The molecule has 2 amide bonds. The number of nitrogens with zero attached hydrogens (tertiary/aromatic N) is 1. The molecule has 5 nitrogen and oxygen atoms in total. The number of nitrogens with one attached hydrogen (secondary N) is 2. The van der Waals surface area contributed by atoms with Crippen LogP contribution in [0.1, 0.15) is 37.8 Å². The fourth-order valence-electron chi connectivity index (χ4n) is 2.50. The summed E-state index contributed by atoms with van der Waals surface area (Å²) < 4.78 is 0. The summed E-state index contributed by atoms with van der Waals surface area (Å²) in [5.74, 6) is 0. The zero-order valence-electron chi connectivity index (χ0n) is 12.8. The summed E-state index contributed by atoms with van der Waals surface area (Å²) >= 11 is 0. The number of rotatable bonds is 6. The lowest BCUT2D eigenvalue weighted by Gasteiger charge is -2.37. The minimum atomic E-state index is -0.122. The number of anilines is 1. The van der Waals surface area contributed by atoms with Gasteiger partial charge in [0.2, 0.25) is 0 Å². The van der Waals surface area contributed by atoms with E-state index in [1.54, 1.807) is 4.90 Å². The third-order valence-corrected chi connectivity index (χ3v) is 4.19. The van der Waals surface area contributed by atoms with Crippen molar-refractivity contribution in [3.8, 4) is 0 Å². The minimum absolute atomic E-state index is 0.000743. The van der Waals surface area contributed by atoms with Crippen molar-refractivity contribution in [1.29, 1.82) is 0 Å². The maximum atomic E-state index is 12.4. The minimum Gasteiger partial charge on any atom is -0.395 e. The second-order valence-electron chi connectivity index (χ2n) is 5.57. The Balaban J connectivity index is 2.03. The predicted octanol–water partition coefficient (Wildman–Crippen LogP) is 2.35. The maximum absolute atomic E-state index is 12.4. The summed E-state index contributed by atoms with van der Waals surface area (Å²) in [5, 5.41) is 15.3. The second-order valence-corrected chi connectivity index (χ2v) is 5.57. The highest BCUT2D eigenvalue weighted by atomic mass is 16.3. The van der Waals surface area contributed by atoms with Gasteiger partial charge in [-0.25, -0.2) is 4.79 Å². The zero-order chi connectivity index (χ0) is 15.2. The molecule has 0 bridgehead atoms. The third-order valence-electron chi connectivity index (χ3n) is 4.19. The molecule has 3 N–H and O–H groups in total. The number of aliphatic hydroxyl groups is 1. The van der Waals surface area contributed by atoms with Crippen LogP contribution in [0.5, 0.6) is 0 Å². The summed E-state index contributed by atoms with van der Waals surface area (Å²) in [4.78, 5) is 14.1. The first kappa shape index (κ1) is 15.8. The molecule has 0 aromatic heterocycles. The van der Waals surface area contributed by atoms with Crippen molar-refractivity contribution in [2.75, 3.05) is 25.5 Å². The number of hydrogen-bond donors (Lipinski definition) is 3. The lowest BCUT2D eigenvalue weighted by Crippen LogP contribution is -2.47. The Morgan fingerprint density at radius 2 is 2.24 bits per heavy atom. The van der Waals surface area contributed by atoms with Gasteiger partial charge in [0.15, 0.2) is 0 Å². The fourth-order valence-corrected chi connectivity index (χ4v) is 2.50. The van der Waals surface area contributed by atoms with E-state index in [0.717, 1.165) is 30.5 Å². The monoisotopic (exact) mass is 291 g/mol. The van der Waals surface area contributed by atoms with Crippen molar-refractivity contribution in [1.82, 2.24) is 10.2 Å². The first-order valence-corrected chi connectivity index (χ1v) is 7.61. The highest BCUT2D eigenvalue weighted by molar-refractivity contribution is 5.89. The van der Waals surface area contributed by atoms with Gasteiger partial charge in [-0.15, -0.1) is 0 Å². The van der Waals surface area contributed by atoms with Crippen LogP contribution in [0.4, 0.5) is 10.5 Å². The van der Waals surface area contributed by atoms with Gasteiger partial charge >= 0.3 is 6.03 Å². The molecule has 1 aromatic carbocycles. The first-order valence-electron chi connectivity index (χ1n) is 7.61. The molecule has 1 saturated carbocycles. The molecule has 0 saturated heterocycles. The lowest BCUT2D eigenvalue weighted by atomic mass is 9.92. The van der Waals surface area contributed by atoms with Crippen molar-refractivity contribution in [2.45, 2.75) is 38.3 Å². The molecular weight excluding hydrogens is 266 g/mol. The molecule has 1 fully saturated rings. The maximum Gasteiger partial charge on any atom is 0.322 e. The van der Waals surface area contributed by atoms with E-state index in [0.29, 0.717) is 6.54 Å². The Bertz CT molecular complexity index is 474. The largest absolute Gasteiger partial charge is 0.395 e. The zero-order valence-corrected chi connectivity index (χ0v) is 12.8. The summed E-state index contributed by atoms with van der Waals surface area (Å²) in [6.45, 7) is 2.47. The van der Waals surface area contributed by atoms with Crippen LogP contribution in [0.2, 0.25) is 0 Å². The average Bonchev–Trinajstić information content (AvgIpc) is 2.44. The van der Waals surface area contributed by atoms with Crippen LogP contribution in [0, 0.1) is 0 Å². The van der Waals surface area contributed by atoms with Gasteiger partial charge in [-0.3, -0.25) is 0 Å². The Kier molecular flexibility index (Phi) is 5.59. The van der Waals surface area contributed by atoms with E-state index in [2.05, 4.69) is 17.6 Å². The molecule has 1 aliphatic rings. The van der Waals surface area contributed by atoms with E-state index in [4.69, 9.17) is 5.11 Å². The van der Waals surface area contributed by atoms with Gasteiger partial charge in [-0.2, -0.15) is 0 Å². The number of amides is 2. The van der Waals surface area contributed by atoms with Gasteiger partial charge in [-0.05, 0) is 50.9 Å². The van der Waals surface area contributed by atoms with Gasteiger partial charge in [-0.1, -0.05) is 12.1 Å². The van der Waals surface area contributed by atoms with Crippen LogP contribution < -0.4 is 10.6 Å². The smallest absolute Gasteiger partial charge is 0.322 e. The lowest BCUT2D eigenvalue weighted by molar-refractivity contribution is 0.127. The molecular formula is C16H25N3O2. The van der Waals surface area contributed by atoms with Crippen molar-refractivity contribution in [2.24, 2.45) is 0 Å². The predicted molar refractivity (Wildman–Crippen MR) is 84.4 cm³/mol. The van der Waals surface area contributed by atoms with E-state index in [1.807, 2.05) is 31.3 Å². The number of carbonyl (C=O) groups excluding carboxylic acids is 1. The number of urea groups is 1. The highest BCUT2D eigenvalue weighted by Crippen LogP contribution is 2.25. The molecule has 116 valence electrons. The number of benzene rings is 1. The van der Waals surface area contributed by atoms with Crippen molar-refractivity contribution in [3.63, 3.8) is 0 Å². The van der Waals surface area contributed by atoms with E-state index >= 15 is 0 Å². The molecule has 5 heteroatoms.